The van der Waals surface area contributed by atoms with Crippen molar-refractivity contribution in [2.75, 3.05) is 13.7 Å². The van der Waals surface area contributed by atoms with Gasteiger partial charge in [0.05, 0.1) is 19.8 Å². The van der Waals surface area contributed by atoms with Crippen molar-refractivity contribution in [2.45, 2.75) is 19.8 Å². The van der Waals surface area contributed by atoms with Crippen LogP contribution in [0.3, 0.4) is 0 Å². The molecule has 0 atom stereocenters. The van der Waals surface area contributed by atoms with E-state index in [0.29, 0.717) is 19.8 Å². The van der Waals surface area contributed by atoms with Crippen LogP contribution in [0.2, 0.25) is 0 Å². The number of hydrogen-bond acceptors (Lipinski definition) is 4. The Bertz CT molecular complexity index is 551. The first kappa shape index (κ1) is 11.4. The monoisotopic (exact) mass is 245 g/mol. The molecule has 0 saturated carbocycles. The second-order valence-corrected chi connectivity index (χ2v) is 4.32. The minimum absolute atomic E-state index is 0.652. The van der Waals surface area contributed by atoms with Crippen LogP contribution >= 0.6 is 0 Å². The Labute approximate surface area is 105 Å². The summed E-state index contributed by atoms with van der Waals surface area (Å²) in [6.07, 6.45) is 1.73. The minimum Gasteiger partial charge on any atom is -0.383 e. The molecule has 1 aliphatic rings. The lowest BCUT2D eigenvalue weighted by Crippen LogP contribution is -2.05. The Hall–Kier alpha value is -1.72. The molecule has 0 spiro atoms. The first-order valence-electron chi connectivity index (χ1n) is 5.95. The maximum absolute atomic E-state index is 5.42. The minimum atomic E-state index is 0.652. The van der Waals surface area contributed by atoms with E-state index in [0.717, 1.165) is 17.9 Å². The van der Waals surface area contributed by atoms with Crippen LogP contribution in [0, 0.1) is 0 Å². The summed E-state index contributed by atoms with van der Waals surface area (Å²) in [4.78, 5) is 0. The van der Waals surface area contributed by atoms with Gasteiger partial charge in [-0.2, -0.15) is 0 Å². The van der Waals surface area contributed by atoms with Gasteiger partial charge in [-0.15, -0.1) is 10.2 Å². The molecule has 3 rings (SSSR count). The van der Waals surface area contributed by atoms with E-state index in [9.17, 15) is 0 Å². The van der Waals surface area contributed by atoms with Crippen molar-refractivity contribution in [3.63, 3.8) is 0 Å². The molecule has 5 nitrogen and oxygen atoms in total. The maximum atomic E-state index is 5.42. The van der Waals surface area contributed by atoms with Crippen molar-refractivity contribution < 1.29 is 9.47 Å². The second kappa shape index (κ2) is 4.88. The molecule has 2 aromatic rings. The Morgan fingerprint density at radius 2 is 2.22 bits per heavy atom. The van der Waals surface area contributed by atoms with E-state index in [1.165, 1.54) is 11.1 Å². The molecule has 0 bridgehead atoms. The largest absolute Gasteiger partial charge is 0.383 e. The van der Waals surface area contributed by atoms with E-state index in [4.69, 9.17) is 9.47 Å². The van der Waals surface area contributed by atoms with Crippen LogP contribution in [-0.2, 0) is 29.2 Å². The zero-order valence-electron chi connectivity index (χ0n) is 10.3. The lowest BCUT2D eigenvalue weighted by molar-refractivity contribution is 0.134. The van der Waals surface area contributed by atoms with Gasteiger partial charge in [-0.05, 0) is 17.2 Å². The van der Waals surface area contributed by atoms with Crippen LogP contribution in [0.4, 0.5) is 0 Å². The summed E-state index contributed by atoms with van der Waals surface area (Å²) in [5, 5.41) is 8.15. The molecule has 94 valence electrons. The smallest absolute Gasteiger partial charge is 0.163 e. The Morgan fingerprint density at radius 1 is 1.33 bits per heavy atom. The number of ether oxygens (including phenoxy) is 2. The number of methoxy groups -OCH3 is 1. The Morgan fingerprint density at radius 3 is 3.11 bits per heavy atom. The third-order valence-electron chi connectivity index (χ3n) is 3.13. The molecular weight excluding hydrogens is 230 g/mol. The fraction of sp³-hybridized carbons (Fsp3) is 0.385. The summed E-state index contributed by atoms with van der Waals surface area (Å²) >= 11 is 0. The van der Waals surface area contributed by atoms with Crippen LogP contribution < -0.4 is 0 Å². The molecule has 0 amide bonds. The van der Waals surface area contributed by atoms with Gasteiger partial charge in [0.1, 0.15) is 6.33 Å². The fourth-order valence-electron chi connectivity index (χ4n) is 2.14. The third-order valence-corrected chi connectivity index (χ3v) is 3.13. The molecule has 0 fully saturated rings. The zero-order valence-corrected chi connectivity index (χ0v) is 10.3. The van der Waals surface area contributed by atoms with Crippen molar-refractivity contribution in [2.24, 2.45) is 0 Å². The molecule has 0 aliphatic carbocycles. The van der Waals surface area contributed by atoms with E-state index < -0.39 is 0 Å². The number of fused-ring (bicyclic) bond motifs is 1. The van der Waals surface area contributed by atoms with E-state index in [1.54, 1.807) is 13.4 Å². The molecule has 0 saturated heterocycles. The summed E-state index contributed by atoms with van der Waals surface area (Å²) in [6.45, 7) is 2.81. The highest BCUT2D eigenvalue weighted by Crippen LogP contribution is 2.25. The standard InChI is InChI=1S/C13H15N3O2/c1-17-5-4-16-9-14-15-13(16)10-2-3-11-7-18-8-12(11)6-10/h2-3,6,9H,4-5,7-8H2,1H3. The van der Waals surface area contributed by atoms with Crippen molar-refractivity contribution in [3.8, 4) is 11.4 Å². The Balaban J connectivity index is 1.92. The summed E-state index contributed by atoms with van der Waals surface area (Å²) < 4.78 is 12.5. The van der Waals surface area contributed by atoms with Crippen LogP contribution in [0.5, 0.6) is 0 Å². The maximum Gasteiger partial charge on any atom is 0.163 e. The number of hydrogen-bond donors (Lipinski definition) is 0. The number of nitrogens with zero attached hydrogens (tertiary/aromatic N) is 3. The second-order valence-electron chi connectivity index (χ2n) is 4.32. The lowest BCUT2D eigenvalue weighted by atomic mass is 10.1. The van der Waals surface area contributed by atoms with Gasteiger partial charge in [-0.1, -0.05) is 12.1 Å². The van der Waals surface area contributed by atoms with Gasteiger partial charge in [0.25, 0.3) is 0 Å². The third kappa shape index (κ3) is 2.02. The fourth-order valence-corrected chi connectivity index (χ4v) is 2.14. The summed E-state index contributed by atoms with van der Waals surface area (Å²) in [5.74, 6) is 0.877. The molecular formula is C13H15N3O2. The van der Waals surface area contributed by atoms with E-state index in [1.807, 2.05) is 4.57 Å². The van der Waals surface area contributed by atoms with Crippen LogP contribution in [-0.4, -0.2) is 28.5 Å². The molecule has 1 aliphatic heterocycles. The van der Waals surface area contributed by atoms with Gasteiger partial charge in [0.15, 0.2) is 5.82 Å². The highest BCUT2D eigenvalue weighted by Gasteiger charge is 2.14. The van der Waals surface area contributed by atoms with Crippen LogP contribution in [0.25, 0.3) is 11.4 Å². The van der Waals surface area contributed by atoms with Crippen molar-refractivity contribution in [1.29, 1.82) is 0 Å². The predicted octanol–water partition coefficient (Wildman–Crippen LogP) is 1.62. The highest BCUT2D eigenvalue weighted by atomic mass is 16.5. The van der Waals surface area contributed by atoms with Crippen molar-refractivity contribution >= 4 is 0 Å². The van der Waals surface area contributed by atoms with Gasteiger partial charge in [-0.25, -0.2) is 0 Å². The first-order valence-corrected chi connectivity index (χ1v) is 5.95. The topological polar surface area (TPSA) is 49.2 Å². The number of aromatic nitrogens is 3. The van der Waals surface area contributed by atoms with Crippen molar-refractivity contribution in [3.05, 3.63) is 35.7 Å². The average Bonchev–Trinajstić information content (AvgIpc) is 3.03. The van der Waals surface area contributed by atoms with E-state index in [2.05, 4.69) is 28.4 Å². The molecule has 1 aromatic carbocycles. The lowest BCUT2D eigenvalue weighted by Gasteiger charge is -2.07. The van der Waals surface area contributed by atoms with E-state index >= 15 is 0 Å². The molecule has 5 heteroatoms. The SMILES string of the molecule is COCCn1cnnc1-c1ccc2c(c1)COC2. The quantitative estimate of drug-likeness (QED) is 0.821. The van der Waals surface area contributed by atoms with Gasteiger partial charge >= 0.3 is 0 Å². The van der Waals surface area contributed by atoms with E-state index in [-0.39, 0.29) is 0 Å². The van der Waals surface area contributed by atoms with Gasteiger partial charge in [0, 0.05) is 19.2 Å². The molecule has 1 aromatic heterocycles. The van der Waals surface area contributed by atoms with Crippen LogP contribution in [0.1, 0.15) is 11.1 Å². The summed E-state index contributed by atoms with van der Waals surface area (Å²) in [7, 11) is 1.69. The predicted molar refractivity (Wildman–Crippen MR) is 65.8 cm³/mol. The van der Waals surface area contributed by atoms with Gasteiger partial charge in [0.2, 0.25) is 0 Å². The molecule has 0 N–H and O–H groups in total. The highest BCUT2D eigenvalue weighted by molar-refractivity contribution is 5.57. The number of rotatable bonds is 4. The normalized spacial score (nSPS) is 13.8. The first-order chi connectivity index (χ1) is 8.88. The molecule has 0 unspecified atom stereocenters. The van der Waals surface area contributed by atoms with Crippen molar-refractivity contribution in [1.82, 2.24) is 14.8 Å². The average molecular weight is 245 g/mol. The molecule has 18 heavy (non-hydrogen) atoms. The Kier molecular flexibility index (Phi) is 3.08. The zero-order chi connectivity index (χ0) is 12.4. The van der Waals surface area contributed by atoms with Gasteiger partial charge < -0.3 is 14.0 Å². The summed E-state index contributed by atoms with van der Waals surface area (Å²) in [5.41, 5.74) is 3.59. The molecule has 0 radical (unpaired) electrons. The molecule has 2 heterocycles. The summed E-state index contributed by atoms with van der Waals surface area (Å²) in [6, 6.07) is 6.31. The number of benzene rings is 1. The van der Waals surface area contributed by atoms with Crippen LogP contribution in [0.15, 0.2) is 24.5 Å². The van der Waals surface area contributed by atoms with Gasteiger partial charge in [-0.3, -0.25) is 0 Å².